The normalized spacial score (nSPS) is 24.4. The van der Waals surface area contributed by atoms with Crippen molar-refractivity contribution in [3.8, 4) is 5.75 Å². The Balaban J connectivity index is 1.72. The van der Waals surface area contributed by atoms with Crippen LogP contribution in [0.3, 0.4) is 0 Å². The molecule has 3 fully saturated rings. The average Bonchev–Trinajstić information content (AvgIpc) is 3.46. The second kappa shape index (κ2) is 6.58. The van der Waals surface area contributed by atoms with Crippen LogP contribution in [-0.2, 0) is 0 Å². The van der Waals surface area contributed by atoms with Gasteiger partial charge in [0.2, 0.25) is 0 Å². The summed E-state index contributed by atoms with van der Waals surface area (Å²) in [7, 11) is 1.52. The number of aromatic nitrogens is 1. The minimum absolute atomic E-state index is 0.0602. The highest BCUT2D eigenvalue weighted by molar-refractivity contribution is 5.94. The monoisotopic (exact) mass is 385 g/mol. The molecule has 6 nitrogen and oxygen atoms in total. The standard InChI is InChI=1S/C21H24FN3O3/c1-28-21-18-15(20(27)13(11-26)9-25(18)14-4-5-14)7-16(22)19(21)24-8-12-3-2-6-23-17(12)10-24/h7,9,11-12,14,17,23H,2-6,8,10H2,1H3. The van der Waals surface area contributed by atoms with Crippen LogP contribution in [0.2, 0.25) is 0 Å². The first-order valence-electron chi connectivity index (χ1n) is 10.0. The molecule has 1 N–H and O–H groups in total. The van der Waals surface area contributed by atoms with Crippen molar-refractivity contribution >= 4 is 22.9 Å². The Labute approximate surface area is 162 Å². The van der Waals surface area contributed by atoms with E-state index < -0.39 is 11.2 Å². The fourth-order valence-corrected chi connectivity index (χ4v) is 4.91. The topological polar surface area (TPSA) is 63.6 Å². The van der Waals surface area contributed by atoms with Crippen LogP contribution in [0, 0.1) is 11.7 Å². The molecular weight excluding hydrogens is 361 g/mol. The van der Waals surface area contributed by atoms with Crippen molar-refractivity contribution in [2.24, 2.45) is 5.92 Å². The van der Waals surface area contributed by atoms with Gasteiger partial charge in [-0.05, 0) is 44.2 Å². The van der Waals surface area contributed by atoms with Gasteiger partial charge in [-0.2, -0.15) is 0 Å². The Morgan fingerprint density at radius 2 is 2.11 bits per heavy atom. The molecule has 3 heterocycles. The van der Waals surface area contributed by atoms with Crippen LogP contribution >= 0.6 is 0 Å². The van der Waals surface area contributed by atoms with Gasteiger partial charge in [0.1, 0.15) is 5.69 Å². The first-order chi connectivity index (χ1) is 13.6. The largest absolute Gasteiger partial charge is 0.492 e. The van der Waals surface area contributed by atoms with Crippen molar-refractivity contribution in [3.63, 3.8) is 0 Å². The maximum atomic E-state index is 15.3. The zero-order valence-corrected chi connectivity index (χ0v) is 15.9. The molecule has 1 aromatic heterocycles. The highest BCUT2D eigenvalue weighted by Gasteiger charge is 2.38. The van der Waals surface area contributed by atoms with Crippen LogP contribution in [0.4, 0.5) is 10.1 Å². The first-order valence-corrected chi connectivity index (χ1v) is 10.0. The minimum Gasteiger partial charge on any atom is -0.492 e. The van der Waals surface area contributed by atoms with E-state index in [0.29, 0.717) is 35.2 Å². The van der Waals surface area contributed by atoms with E-state index in [1.54, 1.807) is 6.20 Å². The molecule has 2 aliphatic heterocycles. The highest BCUT2D eigenvalue weighted by atomic mass is 19.1. The summed E-state index contributed by atoms with van der Waals surface area (Å²) in [5.41, 5.74) is 0.645. The van der Waals surface area contributed by atoms with Gasteiger partial charge in [-0.3, -0.25) is 9.59 Å². The number of piperidine rings is 1. The molecular formula is C21H24FN3O3. The molecule has 2 unspecified atom stereocenters. The van der Waals surface area contributed by atoms with E-state index in [2.05, 4.69) is 10.2 Å². The second-order valence-electron chi connectivity index (χ2n) is 8.17. The van der Waals surface area contributed by atoms with E-state index in [1.165, 1.54) is 13.2 Å². The molecule has 0 radical (unpaired) electrons. The zero-order valence-electron chi connectivity index (χ0n) is 15.9. The van der Waals surface area contributed by atoms with E-state index in [4.69, 9.17) is 4.74 Å². The van der Waals surface area contributed by atoms with E-state index in [1.807, 2.05) is 4.57 Å². The molecule has 148 valence electrons. The van der Waals surface area contributed by atoms with Crippen LogP contribution in [0.15, 0.2) is 17.1 Å². The number of nitrogens with one attached hydrogen (secondary N) is 1. The average molecular weight is 385 g/mol. The Morgan fingerprint density at radius 3 is 2.79 bits per heavy atom. The molecule has 1 aliphatic carbocycles. The van der Waals surface area contributed by atoms with Crippen molar-refractivity contribution in [1.82, 2.24) is 9.88 Å². The molecule has 3 aliphatic rings. The van der Waals surface area contributed by atoms with Gasteiger partial charge >= 0.3 is 0 Å². The summed E-state index contributed by atoms with van der Waals surface area (Å²) < 4.78 is 22.9. The molecule has 2 atom stereocenters. The molecule has 7 heteroatoms. The van der Waals surface area contributed by atoms with Gasteiger partial charge in [0.25, 0.3) is 0 Å². The van der Waals surface area contributed by atoms with Gasteiger partial charge in [0.15, 0.2) is 23.3 Å². The number of ether oxygens (including phenoxy) is 1. The molecule has 0 spiro atoms. The number of carbonyl (C=O) groups is 1. The van der Waals surface area contributed by atoms with Crippen molar-refractivity contribution in [1.29, 1.82) is 0 Å². The third kappa shape index (κ3) is 2.64. The zero-order chi connectivity index (χ0) is 19.4. The summed E-state index contributed by atoms with van der Waals surface area (Å²) in [4.78, 5) is 26.1. The Morgan fingerprint density at radius 1 is 1.29 bits per heavy atom. The molecule has 0 amide bonds. The summed E-state index contributed by atoms with van der Waals surface area (Å²) in [6, 6.07) is 1.87. The Kier molecular flexibility index (Phi) is 4.16. The quantitative estimate of drug-likeness (QED) is 0.820. The van der Waals surface area contributed by atoms with Crippen molar-refractivity contribution < 1.29 is 13.9 Å². The van der Waals surface area contributed by atoms with Gasteiger partial charge in [-0.15, -0.1) is 0 Å². The van der Waals surface area contributed by atoms with E-state index in [0.717, 1.165) is 45.3 Å². The summed E-state index contributed by atoms with van der Waals surface area (Å²) in [5.74, 6) is 0.428. The van der Waals surface area contributed by atoms with Gasteiger partial charge in [0.05, 0.1) is 23.6 Å². The molecule has 28 heavy (non-hydrogen) atoms. The van der Waals surface area contributed by atoms with Crippen molar-refractivity contribution in [2.75, 3.05) is 31.6 Å². The molecule has 2 aromatic rings. The number of benzene rings is 1. The number of hydrogen-bond acceptors (Lipinski definition) is 5. The predicted octanol–water partition coefficient (Wildman–Crippen LogP) is 2.48. The number of anilines is 1. The maximum absolute atomic E-state index is 15.3. The van der Waals surface area contributed by atoms with Crippen LogP contribution < -0.4 is 20.4 Å². The third-order valence-electron chi connectivity index (χ3n) is 6.41. The number of fused-ring (bicyclic) bond motifs is 2. The van der Waals surface area contributed by atoms with E-state index in [9.17, 15) is 9.59 Å². The van der Waals surface area contributed by atoms with Crippen LogP contribution in [0.5, 0.6) is 5.75 Å². The Bertz CT molecular complexity index is 1000. The lowest BCUT2D eigenvalue weighted by atomic mass is 9.94. The lowest BCUT2D eigenvalue weighted by Crippen LogP contribution is -2.40. The van der Waals surface area contributed by atoms with Crippen molar-refractivity contribution in [3.05, 3.63) is 33.9 Å². The summed E-state index contributed by atoms with van der Waals surface area (Å²) >= 11 is 0. The fraction of sp³-hybridized carbons (Fsp3) is 0.524. The van der Waals surface area contributed by atoms with Crippen LogP contribution in [0.25, 0.3) is 10.9 Å². The first kappa shape index (κ1) is 17.7. The summed E-state index contributed by atoms with van der Waals surface area (Å²) in [6.07, 6.45) is 6.39. The number of pyridine rings is 1. The van der Waals surface area contributed by atoms with E-state index >= 15 is 4.39 Å². The minimum atomic E-state index is -0.467. The fourth-order valence-electron chi connectivity index (χ4n) is 4.91. The number of carbonyl (C=O) groups excluding carboxylic acids is 1. The number of rotatable bonds is 4. The number of nitrogens with zero attached hydrogens (tertiary/aromatic N) is 2. The lowest BCUT2D eigenvalue weighted by Gasteiger charge is -2.25. The third-order valence-corrected chi connectivity index (χ3v) is 6.41. The number of halogens is 1. The van der Waals surface area contributed by atoms with Crippen LogP contribution in [0.1, 0.15) is 42.1 Å². The number of aldehydes is 1. The van der Waals surface area contributed by atoms with Crippen LogP contribution in [-0.4, -0.2) is 43.6 Å². The smallest absolute Gasteiger partial charge is 0.200 e. The van der Waals surface area contributed by atoms with Gasteiger partial charge in [0, 0.05) is 31.4 Å². The Hall–Kier alpha value is -2.41. The van der Waals surface area contributed by atoms with Gasteiger partial charge in [-0.1, -0.05) is 0 Å². The molecule has 2 saturated heterocycles. The highest BCUT2D eigenvalue weighted by Crippen LogP contribution is 2.44. The number of hydrogen-bond donors (Lipinski definition) is 1. The predicted molar refractivity (Wildman–Crippen MR) is 105 cm³/mol. The summed E-state index contributed by atoms with van der Waals surface area (Å²) in [5, 5.41) is 3.75. The maximum Gasteiger partial charge on any atom is 0.200 e. The molecule has 5 rings (SSSR count). The number of methoxy groups -OCH3 is 1. The van der Waals surface area contributed by atoms with Crippen molar-refractivity contribution in [2.45, 2.75) is 37.8 Å². The van der Waals surface area contributed by atoms with E-state index in [-0.39, 0.29) is 17.0 Å². The van der Waals surface area contributed by atoms with Gasteiger partial charge in [-0.25, -0.2) is 4.39 Å². The van der Waals surface area contributed by atoms with Gasteiger partial charge < -0.3 is 19.5 Å². The lowest BCUT2D eigenvalue weighted by molar-refractivity contribution is 0.112. The summed E-state index contributed by atoms with van der Waals surface area (Å²) in [6.45, 7) is 2.50. The molecule has 0 bridgehead atoms. The second-order valence-corrected chi connectivity index (χ2v) is 8.17. The molecule has 1 saturated carbocycles. The SMILES string of the molecule is COc1c(N2CC3CCCNC3C2)c(F)cc2c(=O)c(C=O)cn(C3CC3)c12. The molecule has 1 aromatic carbocycles.